The highest BCUT2D eigenvalue weighted by Gasteiger charge is 2.35. The third-order valence-corrected chi connectivity index (χ3v) is 11.0. The van der Waals surface area contributed by atoms with Gasteiger partial charge in [0.2, 0.25) is 6.57 Å². The van der Waals surface area contributed by atoms with Crippen LogP contribution in [0.3, 0.4) is 0 Å². The predicted molar refractivity (Wildman–Crippen MR) is 93.0 cm³/mol. The molecule has 0 aliphatic heterocycles. The standard InChI is InChI=1S/C11H28N2O2P2S2/c1-7-12(8-2)17(19,13(9-3)10-4)15-16(6,18)14-11-5/h7-11H2,1-6H3. The van der Waals surface area contributed by atoms with Gasteiger partial charge in [-0.15, -0.1) is 0 Å². The summed E-state index contributed by atoms with van der Waals surface area (Å²) in [5.41, 5.74) is 0. The molecule has 8 heteroatoms. The topological polar surface area (TPSA) is 24.9 Å². The molecule has 0 aliphatic rings. The van der Waals surface area contributed by atoms with Gasteiger partial charge in [0, 0.05) is 32.8 Å². The summed E-state index contributed by atoms with van der Waals surface area (Å²) in [6.45, 7) is 11.7. The molecule has 19 heavy (non-hydrogen) atoms. The van der Waals surface area contributed by atoms with Crippen molar-refractivity contribution >= 4 is 36.7 Å². The van der Waals surface area contributed by atoms with Crippen molar-refractivity contribution in [3.63, 3.8) is 0 Å². The zero-order valence-corrected chi connectivity index (χ0v) is 16.4. The second kappa shape index (κ2) is 9.22. The van der Waals surface area contributed by atoms with Crippen molar-refractivity contribution < 1.29 is 8.83 Å². The molecule has 116 valence electrons. The van der Waals surface area contributed by atoms with E-state index in [4.69, 9.17) is 32.4 Å². The molecule has 1 atom stereocenters. The van der Waals surface area contributed by atoms with Crippen LogP contribution in [-0.4, -0.2) is 48.8 Å². The summed E-state index contributed by atoms with van der Waals surface area (Å²) in [5.74, 6) is 0. The van der Waals surface area contributed by atoms with Crippen molar-refractivity contribution in [2.24, 2.45) is 0 Å². The van der Waals surface area contributed by atoms with Gasteiger partial charge in [-0.2, -0.15) is 0 Å². The molecule has 0 N–H and O–H groups in total. The Hall–Kier alpha value is 1.14. The second-order valence-corrected chi connectivity index (χ2v) is 12.0. The Morgan fingerprint density at radius 2 is 1.21 bits per heavy atom. The lowest BCUT2D eigenvalue weighted by Gasteiger charge is -2.41. The summed E-state index contributed by atoms with van der Waals surface area (Å²) in [5, 5.41) is 0. The summed E-state index contributed by atoms with van der Waals surface area (Å²) < 4.78 is 16.3. The molecule has 0 heterocycles. The zero-order chi connectivity index (χ0) is 15.1. The molecule has 0 aliphatic carbocycles. The fourth-order valence-corrected chi connectivity index (χ4v) is 10.8. The van der Waals surface area contributed by atoms with Crippen LogP contribution in [0.1, 0.15) is 34.6 Å². The Bertz CT molecular complexity index is 332. The van der Waals surface area contributed by atoms with Crippen molar-refractivity contribution in [2.75, 3.05) is 39.5 Å². The molecule has 0 bridgehead atoms. The van der Waals surface area contributed by atoms with Gasteiger partial charge >= 0.3 is 0 Å². The van der Waals surface area contributed by atoms with E-state index < -0.39 is 13.1 Å². The summed E-state index contributed by atoms with van der Waals surface area (Å²) in [4.78, 5) is 0. The Morgan fingerprint density at radius 3 is 1.47 bits per heavy atom. The quantitative estimate of drug-likeness (QED) is 0.557. The van der Waals surface area contributed by atoms with Crippen molar-refractivity contribution in [3.8, 4) is 0 Å². The van der Waals surface area contributed by atoms with Crippen LogP contribution in [0, 0.1) is 0 Å². The van der Waals surface area contributed by atoms with Crippen molar-refractivity contribution in [1.82, 2.24) is 9.34 Å². The van der Waals surface area contributed by atoms with Gasteiger partial charge in [-0.3, -0.25) is 4.31 Å². The van der Waals surface area contributed by atoms with Gasteiger partial charge in [0.25, 0.3) is 0 Å². The van der Waals surface area contributed by atoms with E-state index in [0.717, 1.165) is 26.2 Å². The van der Waals surface area contributed by atoms with Crippen molar-refractivity contribution in [1.29, 1.82) is 0 Å². The molecule has 0 spiro atoms. The first-order valence-electron chi connectivity index (χ1n) is 6.85. The minimum absolute atomic E-state index is 0.569. The molecule has 0 aromatic heterocycles. The number of nitrogens with zero attached hydrogens (tertiary/aromatic N) is 2. The number of hydrogen-bond donors (Lipinski definition) is 0. The minimum Gasteiger partial charge on any atom is -0.330 e. The molecule has 0 aromatic carbocycles. The molecule has 1 unspecified atom stereocenters. The van der Waals surface area contributed by atoms with Gasteiger partial charge in [0.15, 0.2) is 6.49 Å². The average Bonchev–Trinajstić information content (AvgIpc) is 2.30. The van der Waals surface area contributed by atoms with Crippen LogP contribution < -0.4 is 0 Å². The van der Waals surface area contributed by atoms with E-state index in [0.29, 0.717) is 6.61 Å². The van der Waals surface area contributed by atoms with E-state index >= 15 is 0 Å². The fraction of sp³-hybridized carbons (Fsp3) is 1.00. The third-order valence-electron chi connectivity index (χ3n) is 2.79. The minimum atomic E-state index is -2.28. The molecule has 0 fully saturated rings. The van der Waals surface area contributed by atoms with Crippen LogP contribution in [0.15, 0.2) is 0 Å². The van der Waals surface area contributed by atoms with E-state index in [9.17, 15) is 0 Å². The maximum absolute atomic E-state index is 6.24. The van der Waals surface area contributed by atoms with E-state index in [-0.39, 0.29) is 0 Å². The third kappa shape index (κ3) is 5.80. The maximum atomic E-state index is 6.24. The lowest BCUT2D eigenvalue weighted by atomic mass is 10.7. The lowest BCUT2D eigenvalue weighted by Crippen LogP contribution is -2.32. The van der Waals surface area contributed by atoms with Gasteiger partial charge in [-0.25, -0.2) is 9.34 Å². The Labute approximate surface area is 129 Å². The molecular weight excluding hydrogens is 318 g/mol. The maximum Gasteiger partial charge on any atom is 0.209 e. The first-order valence-corrected chi connectivity index (χ1v) is 12.6. The molecule has 0 radical (unpaired) electrons. The first kappa shape index (κ1) is 20.1. The van der Waals surface area contributed by atoms with E-state index in [1.54, 1.807) is 0 Å². The predicted octanol–water partition coefficient (Wildman–Crippen LogP) is 3.89. The normalized spacial score (nSPS) is 16.0. The molecule has 0 aromatic rings. The first-order chi connectivity index (χ1) is 8.81. The van der Waals surface area contributed by atoms with Gasteiger partial charge in [0.1, 0.15) is 0 Å². The monoisotopic (exact) mass is 346 g/mol. The summed E-state index contributed by atoms with van der Waals surface area (Å²) in [6, 6.07) is 0. The van der Waals surface area contributed by atoms with Crippen LogP contribution in [0.25, 0.3) is 0 Å². The largest absolute Gasteiger partial charge is 0.330 e. The molecule has 0 rings (SSSR count). The van der Waals surface area contributed by atoms with Crippen molar-refractivity contribution in [3.05, 3.63) is 0 Å². The highest BCUT2D eigenvalue weighted by Crippen LogP contribution is 2.66. The Balaban J connectivity index is 5.39. The highest BCUT2D eigenvalue weighted by molar-refractivity contribution is 8.17. The van der Waals surface area contributed by atoms with Gasteiger partial charge in [-0.1, -0.05) is 27.7 Å². The van der Waals surface area contributed by atoms with Crippen LogP contribution in [-0.2, 0) is 32.4 Å². The van der Waals surface area contributed by atoms with E-state index in [1.165, 1.54) is 0 Å². The fourth-order valence-electron chi connectivity index (χ4n) is 1.90. The Morgan fingerprint density at radius 1 is 0.842 bits per heavy atom. The molecular formula is C11H28N2O2P2S2. The van der Waals surface area contributed by atoms with Crippen LogP contribution in [0.2, 0.25) is 0 Å². The van der Waals surface area contributed by atoms with Crippen LogP contribution >= 0.6 is 13.1 Å². The van der Waals surface area contributed by atoms with Gasteiger partial charge < -0.3 is 4.52 Å². The zero-order valence-electron chi connectivity index (χ0n) is 13.0. The molecule has 0 saturated heterocycles. The lowest BCUT2D eigenvalue weighted by molar-refractivity contribution is 0.311. The van der Waals surface area contributed by atoms with Crippen LogP contribution in [0.4, 0.5) is 0 Å². The molecule has 0 amide bonds. The van der Waals surface area contributed by atoms with Gasteiger partial charge in [-0.05, 0) is 30.5 Å². The molecule has 0 saturated carbocycles. The van der Waals surface area contributed by atoms with Crippen LogP contribution in [0.5, 0.6) is 0 Å². The number of hydrogen-bond acceptors (Lipinski definition) is 4. The summed E-state index contributed by atoms with van der Waals surface area (Å²) in [6.07, 6.45) is 0. The summed E-state index contributed by atoms with van der Waals surface area (Å²) >= 11 is 11.4. The summed E-state index contributed by atoms with van der Waals surface area (Å²) in [7, 11) is 0. The molecule has 4 nitrogen and oxygen atoms in total. The van der Waals surface area contributed by atoms with Crippen molar-refractivity contribution in [2.45, 2.75) is 34.6 Å². The highest BCUT2D eigenvalue weighted by atomic mass is 32.5. The SMILES string of the molecule is CCOP(C)(=S)OP(=S)(N(CC)CC)N(CC)CC. The average molecular weight is 346 g/mol. The second-order valence-electron chi connectivity index (χ2n) is 4.04. The number of rotatable bonds is 10. The van der Waals surface area contributed by atoms with E-state index in [1.807, 2.05) is 13.6 Å². The van der Waals surface area contributed by atoms with Gasteiger partial charge in [0.05, 0.1) is 6.61 Å². The Kier molecular flexibility index (Phi) is 9.77. The van der Waals surface area contributed by atoms with E-state index in [2.05, 4.69) is 37.0 Å². The smallest absolute Gasteiger partial charge is 0.209 e.